The van der Waals surface area contributed by atoms with Crippen LogP contribution in [0.3, 0.4) is 0 Å². The molecule has 0 spiro atoms. The van der Waals surface area contributed by atoms with Crippen molar-refractivity contribution in [2.24, 2.45) is 0 Å². The molecule has 0 saturated carbocycles. The van der Waals surface area contributed by atoms with Gasteiger partial charge in [-0.1, -0.05) is 18.2 Å². The number of halogens is 1. The molecule has 0 aromatic heterocycles. The van der Waals surface area contributed by atoms with E-state index >= 15 is 0 Å². The second-order valence-corrected chi connectivity index (χ2v) is 2.49. The lowest BCUT2D eigenvalue weighted by Gasteiger charge is -2.11. The van der Waals surface area contributed by atoms with Crippen LogP contribution in [0, 0.1) is 0 Å². The zero-order valence-electron chi connectivity index (χ0n) is 5.68. The quantitative estimate of drug-likeness (QED) is 0.524. The van der Waals surface area contributed by atoms with E-state index in [1.165, 1.54) is 0 Å². The first-order valence-corrected chi connectivity index (χ1v) is 3.37. The van der Waals surface area contributed by atoms with Crippen LogP contribution in [0.15, 0.2) is 11.6 Å². The molecule has 0 unspecified atom stereocenters. The highest BCUT2D eigenvalue weighted by atomic mass is 35.5. The molecule has 0 aliphatic carbocycles. The summed E-state index contributed by atoms with van der Waals surface area (Å²) in [5.74, 6) is 0. The highest BCUT2D eigenvalue weighted by Crippen LogP contribution is 1.93. The zero-order chi connectivity index (χ0) is 7.98. The van der Waals surface area contributed by atoms with Gasteiger partial charge in [-0.25, -0.2) is 0 Å². The van der Waals surface area contributed by atoms with Crippen molar-refractivity contribution in [3.63, 3.8) is 0 Å². The molecule has 0 rings (SSSR count). The third-order valence-corrected chi connectivity index (χ3v) is 1.16. The van der Waals surface area contributed by atoms with Crippen LogP contribution >= 0.6 is 11.6 Å². The van der Waals surface area contributed by atoms with Gasteiger partial charge in [0.05, 0.1) is 19.3 Å². The van der Waals surface area contributed by atoms with Gasteiger partial charge in [0.1, 0.15) is 0 Å². The van der Waals surface area contributed by atoms with E-state index in [9.17, 15) is 0 Å². The summed E-state index contributed by atoms with van der Waals surface area (Å²) in [6.07, 6.45) is 0. The topological polar surface area (TPSA) is 52.5 Å². The van der Waals surface area contributed by atoms with Gasteiger partial charge in [0.15, 0.2) is 0 Å². The Balaban J connectivity index is 3.34. The fourth-order valence-electron chi connectivity index (χ4n) is 0.442. The molecular weight excluding hydrogens is 154 g/mol. The standard InChI is InChI=1S/C6H12ClNO2/c1-5(7)2-8-6(3-9)4-10/h6,8-10H,1-4H2. The van der Waals surface area contributed by atoms with Crippen molar-refractivity contribution in [1.82, 2.24) is 5.32 Å². The van der Waals surface area contributed by atoms with Gasteiger partial charge in [0.25, 0.3) is 0 Å². The summed E-state index contributed by atoms with van der Waals surface area (Å²) in [5, 5.41) is 20.3. The lowest BCUT2D eigenvalue weighted by Crippen LogP contribution is -2.36. The van der Waals surface area contributed by atoms with Crippen LogP contribution < -0.4 is 5.32 Å². The minimum atomic E-state index is -0.296. The molecule has 4 heteroatoms. The number of nitrogens with one attached hydrogen (secondary N) is 1. The predicted molar refractivity (Wildman–Crippen MR) is 41.0 cm³/mol. The lowest BCUT2D eigenvalue weighted by atomic mass is 10.3. The molecular formula is C6H12ClNO2. The molecule has 0 aromatic rings. The van der Waals surface area contributed by atoms with E-state index in [1.54, 1.807) is 0 Å². The fraction of sp³-hybridized carbons (Fsp3) is 0.667. The van der Waals surface area contributed by atoms with Crippen LogP contribution in [-0.4, -0.2) is 36.0 Å². The second kappa shape index (κ2) is 5.68. The Morgan fingerprint density at radius 3 is 2.30 bits per heavy atom. The Morgan fingerprint density at radius 2 is 2.00 bits per heavy atom. The highest BCUT2D eigenvalue weighted by molar-refractivity contribution is 6.29. The van der Waals surface area contributed by atoms with Gasteiger partial charge in [0.2, 0.25) is 0 Å². The number of aliphatic hydroxyl groups is 2. The number of aliphatic hydroxyl groups excluding tert-OH is 2. The van der Waals surface area contributed by atoms with Gasteiger partial charge in [-0.3, -0.25) is 0 Å². The zero-order valence-corrected chi connectivity index (χ0v) is 6.43. The first-order valence-electron chi connectivity index (χ1n) is 2.99. The summed E-state index contributed by atoms with van der Waals surface area (Å²) in [7, 11) is 0. The van der Waals surface area contributed by atoms with Gasteiger partial charge in [-0.05, 0) is 0 Å². The Morgan fingerprint density at radius 1 is 1.50 bits per heavy atom. The summed E-state index contributed by atoms with van der Waals surface area (Å²) in [5.41, 5.74) is 0. The molecule has 0 bridgehead atoms. The van der Waals surface area contributed by atoms with Crippen LogP contribution in [0.25, 0.3) is 0 Å². The molecule has 0 aliphatic heterocycles. The molecule has 0 atom stereocenters. The minimum Gasteiger partial charge on any atom is -0.395 e. The van der Waals surface area contributed by atoms with Gasteiger partial charge in [-0.15, -0.1) is 0 Å². The van der Waals surface area contributed by atoms with Crippen LogP contribution in [0.2, 0.25) is 0 Å². The number of hydrogen-bond donors (Lipinski definition) is 3. The molecule has 0 aromatic carbocycles. The van der Waals surface area contributed by atoms with Crippen LogP contribution in [-0.2, 0) is 0 Å². The predicted octanol–water partition coefficient (Wildman–Crippen LogP) is -0.318. The normalized spacial score (nSPS) is 10.4. The van der Waals surface area contributed by atoms with E-state index in [0.29, 0.717) is 11.6 Å². The van der Waals surface area contributed by atoms with Crippen LogP contribution in [0.1, 0.15) is 0 Å². The third-order valence-electron chi connectivity index (χ3n) is 1.02. The highest BCUT2D eigenvalue weighted by Gasteiger charge is 2.02. The smallest absolute Gasteiger partial charge is 0.0607 e. The lowest BCUT2D eigenvalue weighted by molar-refractivity contribution is 0.174. The van der Waals surface area contributed by atoms with Crippen molar-refractivity contribution >= 4 is 11.6 Å². The fourth-order valence-corrected chi connectivity index (χ4v) is 0.519. The Kier molecular flexibility index (Phi) is 5.63. The van der Waals surface area contributed by atoms with E-state index in [1.807, 2.05) is 0 Å². The van der Waals surface area contributed by atoms with Crippen molar-refractivity contribution in [2.75, 3.05) is 19.8 Å². The van der Waals surface area contributed by atoms with E-state index in [4.69, 9.17) is 21.8 Å². The SMILES string of the molecule is C=C(Cl)CNC(CO)CO. The average Bonchev–Trinajstić information content (AvgIpc) is 1.90. The van der Waals surface area contributed by atoms with E-state index in [0.717, 1.165) is 0 Å². The Bertz CT molecular complexity index is 104. The maximum Gasteiger partial charge on any atom is 0.0607 e. The molecule has 10 heavy (non-hydrogen) atoms. The van der Waals surface area contributed by atoms with Crippen molar-refractivity contribution in [3.8, 4) is 0 Å². The molecule has 0 amide bonds. The van der Waals surface area contributed by atoms with Crippen molar-refractivity contribution in [1.29, 1.82) is 0 Å². The van der Waals surface area contributed by atoms with Crippen LogP contribution in [0.4, 0.5) is 0 Å². The molecule has 3 nitrogen and oxygen atoms in total. The van der Waals surface area contributed by atoms with Gasteiger partial charge in [0, 0.05) is 11.6 Å². The Labute approximate surface area is 65.3 Å². The molecule has 60 valence electrons. The maximum atomic E-state index is 8.54. The van der Waals surface area contributed by atoms with E-state index in [2.05, 4.69) is 11.9 Å². The largest absolute Gasteiger partial charge is 0.395 e. The number of hydrogen-bond acceptors (Lipinski definition) is 3. The van der Waals surface area contributed by atoms with Crippen molar-refractivity contribution < 1.29 is 10.2 Å². The summed E-state index contributed by atoms with van der Waals surface area (Å²) >= 11 is 5.42. The summed E-state index contributed by atoms with van der Waals surface area (Å²) < 4.78 is 0. The summed E-state index contributed by atoms with van der Waals surface area (Å²) in [4.78, 5) is 0. The monoisotopic (exact) mass is 165 g/mol. The average molecular weight is 166 g/mol. The first-order chi connectivity index (χ1) is 4.70. The van der Waals surface area contributed by atoms with Gasteiger partial charge < -0.3 is 15.5 Å². The molecule has 3 N–H and O–H groups in total. The maximum absolute atomic E-state index is 8.54. The molecule has 0 radical (unpaired) electrons. The molecule has 0 heterocycles. The molecule has 0 aliphatic rings. The third kappa shape index (κ3) is 4.76. The minimum absolute atomic E-state index is 0.0966. The van der Waals surface area contributed by atoms with Crippen molar-refractivity contribution in [3.05, 3.63) is 11.6 Å². The van der Waals surface area contributed by atoms with E-state index in [-0.39, 0.29) is 19.3 Å². The van der Waals surface area contributed by atoms with Crippen molar-refractivity contribution in [2.45, 2.75) is 6.04 Å². The Hall–Kier alpha value is -0.0900. The molecule has 0 fully saturated rings. The molecule has 0 saturated heterocycles. The second-order valence-electron chi connectivity index (χ2n) is 1.96. The van der Waals surface area contributed by atoms with E-state index < -0.39 is 0 Å². The summed E-state index contributed by atoms with van der Waals surface area (Å²) in [6.45, 7) is 3.65. The van der Waals surface area contributed by atoms with Crippen LogP contribution in [0.5, 0.6) is 0 Å². The number of rotatable bonds is 5. The summed E-state index contributed by atoms with van der Waals surface area (Å²) in [6, 6.07) is -0.296. The van der Waals surface area contributed by atoms with Gasteiger partial charge >= 0.3 is 0 Å². The first kappa shape index (κ1) is 9.91. The van der Waals surface area contributed by atoms with Gasteiger partial charge in [-0.2, -0.15) is 0 Å².